The number of ether oxygens (including phenoxy) is 1. The highest BCUT2D eigenvalue weighted by molar-refractivity contribution is 7.16. The van der Waals surface area contributed by atoms with Crippen molar-refractivity contribution in [3.8, 4) is 5.88 Å². The van der Waals surface area contributed by atoms with Gasteiger partial charge in [-0.2, -0.15) is 4.98 Å². The van der Waals surface area contributed by atoms with Crippen LogP contribution in [0.2, 0.25) is 0 Å². The van der Waals surface area contributed by atoms with Crippen molar-refractivity contribution < 1.29 is 14.6 Å². The number of fused-ring (bicyclic) bond motifs is 1. The number of benzene rings is 1. The van der Waals surface area contributed by atoms with Crippen LogP contribution < -0.4 is 4.74 Å². The van der Waals surface area contributed by atoms with E-state index >= 15 is 0 Å². The summed E-state index contributed by atoms with van der Waals surface area (Å²) in [5, 5.41) is 12.2. The van der Waals surface area contributed by atoms with Crippen molar-refractivity contribution >= 4 is 27.5 Å². The Labute approximate surface area is 144 Å². The van der Waals surface area contributed by atoms with Crippen LogP contribution in [0.3, 0.4) is 0 Å². The van der Waals surface area contributed by atoms with Crippen LogP contribution in [0.25, 0.3) is 10.2 Å². The maximum absolute atomic E-state index is 11.3. The van der Waals surface area contributed by atoms with E-state index in [1.807, 2.05) is 38.3 Å². The lowest BCUT2D eigenvalue weighted by Gasteiger charge is -2.13. The monoisotopic (exact) mass is 342 g/mol. The van der Waals surface area contributed by atoms with Crippen LogP contribution in [0.15, 0.2) is 29.6 Å². The number of aromatic carboxylic acids is 1. The fraction of sp³-hybridized carbons (Fsp3) is 0.278. The zero-order valence-electron chi connectivity index (χ0n) is 13.7. The molecule has 1 aromatic carbocycles. The zero-order valence-corrected chi connectivity index (χ0v) is 14.6. The third kappa shape index (κ3) is 3.23. The van der Waals surface area contributed by atoms with Gasteiger partial charge in [0.2, 0.25) is 5.88 Å². The number of aromatic nitrogens is 2. The van der Waals surface area contributed by atoms with E-state index in [4.69, 9.17) is 4.74 Å². The van der Waals surface area contributed by atoms with Gasteiger partial charge in [0.1, 0.15) is 17.3 Å². The van der Waals surface area contributed by atoms with Crippen LogP contribution in [-0.4, -0.2) is 21.0 Å². The van der Waals surface area contributed by atoms with Gasteiger partial charge in [0.05, 0.1) is 10.9 Å². The molecule has 0 aliphatic carbocycles. The molecule has 124 valence electrons. The third-order valence-electron chi connectivity index (χ3n) is 3.75. The molecule has 2 heterocycles. The molecule has 0 saturated carbocycles. The number of hydrogen-bond donors (Lipinski definition) is 1. The first kappa shape index (κ1) is 16.4. The van der Waals surface area contributed by atoms with Crippen LogP contribution in [0.5, 0.6) is 5.88 Å². The quantitative estimate of drug-likeness (QED) is 0.744. The van der Waals surface area contributed by atoms with Gasteiger partial charge in [-0.15, -0.1) is 11.3 Å². The smallest absolute Gasteiger partial charge is 0.335 e. The highest BCUT2D eigenvalue weighted by Crippen LogP contribution is 2.28. The second-order valence-corrected chi connectivity index (χ2v) is 6.78. The van der Waals surface area contributed by atoms with E-state index in [0.29, 0.717) is 23.9 Å². The highest BCUT2D eigenvalue weighted by atomic mass is 32.1. The summed E-state index contributed by atoms with van der Waals surface area (Å²) in [6.45, 7) is 6.13. The first-order chi connectivity index (χ1) is 11.5. The Morgan fingerprint density at radius 1 is 1.29 bits per heavy atom. The van der Waals surface area contributed by atoms with Crippen LogP contribution in [0.4, 0.5) is 0 Å². The molecule has 2 aromatic heterocycles. The average molecular weight is 342 g/mol. The number of thiophene rings is 1. The predicted octanol–water partition coefficient (Wildman–Crippen LogP) is 4.40. The van der Waals surface area contributed by atoms with E-state index in [9.17, 15) is 9.90 Å². The van der Waals surface area contributed by atoms with Gasteiger partial charge in [-0.05, 0) is 41.5 Å². The molecule has 0 saturated heterocycles. The Morgan fingerprint density at radius 3 is 2.79 bits per heavy atom. The summed E-state index contributed by atoms with van der Waals surface area (Å²) >= 11 is 1.55. The molecule has 0 unspecified atom stereocenters. The minimum Gasteiger partial charge on any atom is -0.478 e. The molecule has 1 N–H and O–H groups in total. The van der Waals surface area contributed by atoms with Gasteiger partial charge in [-0.1, -0.05) is 26.0 Å². The molecule has 24 heavy (non-hydrogen) atoms. The van der Waals surface area contributed by atoms with Gasteiger partial charge >= 0.3 is 5.97 Å². The van der Waals surface area contributed by atoms with E-state index in [1.54, 1.807) is 23.5 Å². The Kier molecular flexibility index (Phi) is 4.49. The molecule has 0 amide bonds. The topological polar surface area (TPSA) is 72.3 Å². The fourth-order valence-corrected chi connectivity index (χ4v) is 3.37. The van der Waals surface area contributed by atoms with Gasteiger partial charge < -0.3 is 9.84 Å². The molecular weight excluding hydrogens is 324 g/mol. The van der Waals surface area contributed by atoms with Crippen LogP contribution in [0, 0.1) is 6.92 Å². The van der Waals surface area contributed by atoms with Crippen LogP contribution in [-0.2, 0) is 6.61 Å². The summed E-state index contributed by atoms with van der Waals surface area (Å²) in [6.07, 6.45) is 0. The van der Waals surface area contributed by atoms with Crippen molar-refractivity contribution in [1.82, 2.24) is 9.97 Å². The lowest BCUT2D eigenvalue weighted by atomic mass is 9.95. The predicted molar refractivity (Wildman–Crippen MR) is 94.0 cm³/mol. The van der Waals surface area contributed by atoms with Crippen molar-refractivity contribution in [3.63, 3.8) is 0 Å². The van der Waals surface area contributed by atoms with Crippen LogP contribution >= 0.6 is 11.3 Å². The number of carbonyl (C=O) groups is 1. The molecule has 0 aliphatic rings. The maximum atomic E-state index is 11.3. The van der Waals surface area contributed by atoms with Crippen molar-refractivity contribution in [1.29, 1.82) is 0 Å². The number of carboxylic acids is 1. The summed E-state index contributed by atoms with van der Waals surface area (Å²) < 4.78 is 5.89. The highest BCUT2D eigenvalue weighted by Gasteiger charge is 2.14. The normalized spacial score (nSPS) is 11.2. The minimum absolute atomic E-state index is 0.126. The molecule has 0 aliphatic heterocycles. The van der Waals surface area contributed by atoms with E-state index in [2.05, 4.69) is 9.97 Å². The standard InChI is InChI=1S/C18H18N2O3S/c1-10(2)15-8-12(4-5-13(15)18(21)22)9-23-16-14-6-7-24-17(14)20-11(3)19-16/h4-8,10H,9H2,1-3H3,(H,21,22). The van der Waals surface area contributed by atoms with Crippen molar-refractivity contribution in [2.45, 2.75) is 33.3 Å². The SMILES string of the molecule is Cc1nc(OCc2ccc(C(=O)O)c(C(C)C)c2)c2ccsc2n1. The van der Waals surface area contributed by atoms with Gasteiger partial charge in [0, 0.05) is 0 Å². The molecule has 0 atom stereocenters. The van der Waals surface area contributed by atoms with Crippen molar-refractivity contribution in [3.05, 3.63) is 52.2 Å². The zero-order chi connectivity index (χ0) is 17.3. The lowest BCUT2D eigenvalue weighted by Crippen LogP contribution is -2.06. The number of hydrogen-bond acceptors (Lipinski definition) is 5. The van der Waals surface area contributed by atoms with E-state index in [0.717, 1.165) is 21.3 Å². The molecule has 6 heteroatoms. The largest absolute Gasteiger partial charge is 0.478 e. The van der Waals surface area contributed by atoms with Gasteiger partial charge in [0.15, 0.2) is 0 Å². The summed E-state index contributed by atoms with van der Waals surface area (Å²) in [4.78, 5) is 21.0. The molecule has 3 aromatic rings. The summed E-state index contributed by atoms with van der Waals surface area (Å²) in [7, 11) is 0. The Bertz CT molecular complexity index is 902. The molecule has 0 radical (unpaired) electrons. The summed E-state index contributed by atoms with van der Waals surface area (Å²) in [5.74, 6) is 0.453. The fourth-order valence-electron chi connectivity index (χ4n) is 2.57. The van der Waals surface area contributed by atoms with Gasteiger partial charge in [-0.3, -0.25) is 0 Å². The average Bonchev–Trinajstić information content (AvgIpc) is 3.00. The molecular formula is C18H18N2O3S. The van der Waals surface area contributed by atoms with E-state index < -0.39 is 5.97 Å². The van der Waals surface area contributed by atoms with Crippen molar-refractivity contribution in [2.75, 3.05) is 0 Å². The lowest BCUT2D eigenvalue weighted by molar-refractivity contribution is 0.0695. The minimum atomic E-state index is -0.905. The summed E-state index contributed by atoms with van der Waals surface area (Å²) in [6, 6.07) is 7.27. The molecule has 3 rings (SSSR count). The number of nitrogens with zero attached hydrogens (tertiary/aromatic N) is 2. The van der Waals surface area contributed by atoms with E-state index in [-0.39, 0.29) is 5.92 Å². The number of rotatable bonds is 5. The molecule has 0 spiro atoms. The Hall–Kier alpha value is -2.47. The first-order valence-corrected chi connectivity index (χ1v) is 8.54. The number of aryl methyl sites for hydroxylation is 1. The summed E-state index contributed by atoms with van der Waals surface area (Å²) in [5.41, 5.74) is 2.07. The second kappa shape index (κ2) is 6.57. The second-order valence-electron chi connectivity index (χ2n) is 5.89. The van der Waals surface area contributed by atoms with Crippen molar-refractivity contribution in [2.24, 2.45) is 0 Å². The van der Waals surface area contributed by atoms with Crippen LogP contribution in [0.1, 0.15) is 47.1 Å². The Morgan fingerprint density at radius 2 is 2.08 bits per heavy atom. The molecule has 0 fully saturated rings. The number of carboxylic acid groups (broad SMARTS) is 1. The first-order valence-electron chi connectivity index (χ1n) is 7.66. The van der Waals surface area contributed by atoms with Gasteiger partial charge in [0.25, 0.3) is 0 Å². The molecule has 0 bridgehead atoms. The maximum Gasteiger partial charge on any atom is 0.335 e. The Balaban J connectivity index is 1.87. The molecule has 5 nitrogen and oxygen atoms in total. The third-order valence-corrected chi connectivity index (χ3v) is 4.55. The van der Waals surface area contributed by atoms with E-state index in [1.165, 1.54) is 0 Å². The van der Waals surface area contributed by atoms with Gasteiger partial charge in [-0.25, -0.2) is 9.78 Å².